The highest BCUT2D eigenvalue weighted by molar-refractivity contribution is 6.10. The molecule has 1 fully saturated rings. The number of para-hydroxylation sites is 1. The number of pyridine rings is 1. The molecule has 0 unspecified atom stereocenters. The van der Waals surface area contributed by atoms with Gasteiger partial charge < -0.3 is 15.2 Å². The van der Waals surface area contributed by atoms with Gasteiger partial charge in [0.2, 0.25) is 5.91 Å². The zero-order chi connectivity index (χ0) is 26.9. The third kappa shape index (κ3) is 3.81. The number of hydrogen-bond donors (Lipinski definition) is 1. The molecule has 1 saturated carbocycles. The van der Waals surface area contributed by atoms with Crippen LogP contribution >= 0.6 is 0 Å². The van der Waals surface area contributed by atoms with Crippen molar-refractivity contribution < 1.29 is 32.2 Å². The first-order chi connectivity index (χ1) is 18.0. The molecule has 2 aromatic carbocycles. The molecule has 1 aliphatic heterocycles. The fourth-order valence-corrected chi connectivity index (χ4v) is 4.62. The average molecular weight is 526 g/mol. The van der Waals surface area contributed by atoms with Crippen molar-refractivity contribution in [3.05, 3.63) is 53.5 Å². The molecule has 3 heterocycles. The Labute approximate surface area is 213 Å². The lowest BCUT2D eigenvalue weighted by atomic mass is 10.1. The van der Waals surface area contributed by atoms with Crippen LogP contribution in [0.2, 0.25) is 0 Å². The van der Waals surface area contributed by atoms with Crippen LogP contribution in [0.15, 0.2) is 36.5 Å². The van der Waals surface area contributed by atoms with Gasteiger partial charge in [0.1, 0.15) is 11.6 Å². The van der Waals surface area contributed by atoms with E-state index in [0.717, 1.165) is 16.1 Å². The zero-order valence-electron chi connectivity index (χ0n) is 20.2. The summed E-state index contributed by atoms with van der Waals surface area (Å²) in [6.07, 6.45) is -1.04. The summed E-state index contributed by atoms with van der Waals surface area (Å²) in [7, 11) is 3.06. The molecular formula is C25H21F3N6O4. The summed E-state index contributed by atoms with van der Waals surface area (Å²) in [6.45, 7) is -0.366. The number of nitrogen functional groups attached to an aromatic ring is 1. The van der Waals surface area contributed by atoms with Crippen molar-refractivity contribution >= 4 is 39.4 Å². The van der Waals surface area contributed by atoms with E-state index in [2.05, 4.69) is 19.6 Å². The lowest BCUT2D eigenvalue weighted by Gasteiger charge is -2.32. The Morgan fingerprint density at radius 2 is 1.97 bits per heavy atom. The van der Waals surface area contributed by atoms with Crippen LogP contribution in [-0.2, 0) is 18.4 Å². The van der Waals surface area contributed by atoms with Crippen molar-refractivity contribution in [3.8, 4) is 11.5 Å². The molecule has 0 bridgehead atoms. The first-order valence-electron chi connectivity index (χ1n) is 11.7. The van der Waals surface area contributed by atoms with Gasteiger partial charge in [0.15, 0.2) is 11.5 Å². The molecule has 0 radical (unpaired) electrons. The van der Waals surface area contributed by atoms with Crippen LogP contribution in [0.3, 0.4) is 0 Å². The standard InChI is InChI=1S/C25H21F3N6O4/c1-32-20-15-8-14(17(26)9-18(15)31-22(29)16(20)10-30-32)24(36)34(33(2)23(35)12-6-7-12)11-13-4-3-5-19-21(13)38-25(27,28)37-19/h3-5,8-10,12H,6-7,11H2,1-2H3,(H2,29,31). The predicted molar refractivity (Wildman–Crippen MR) is 128 cm³/mol. The molecule has 2 N–H and O–H groups in total. The molecule has 4 aromatic rings. The van der Waals surface area contributed by atoms with Crippen LogP contribution in [-0.4, -0.2) is 49.9 Å². The average Bonchev–Trinajstić information content (AvgIpc) is 3.56. The van der Waals surface area contributed by atoms with E-state index in [-0.39, 0.29) is 52.3 Å². The van der Waals surface area contributed by atoms with Crippen LogP contribution in [0.4, 0.5) is 19.0 Å². The molecule has 1 aliphatic carbocycles. The molecule has 196 valence electrons. The highest BCUT2D eigenvalue weighted by Crippen LogP contribution is 2.44. The summed E-state index contributed by atoms with van der Waals surface area (Å²) in [4.78, 5) is 31.0. The third-order valence-electron chi connectivity index (χ3n) is 6.70. The molecular weight excluding hydrogens is 505 g/mol. The second-order valence-corrected chi connectivity index (χ2v) is 9.29. The fraction of sp³-hybridized carbons (Fsp3) is 0.280. The number of halogens is 3. The molecule has 2 amide bonds. The van der Waals surface area contributed by atoms with Gasteiger partial charge in [0.05, 0.1) is 34.7 Å². The third-order valence-corrected chi connectivity index (χ3v) is 6.70. The molecule has 2 aromatic heterocycles. The summed E-state index contributed by atoms with van der Waals surface area (Å²) < 4.78 is 53.7. The first-order valence-corrected chi connectivity index (χ1v) is 11.7. The highest BCUT2D eigenvalue weighted by atomic mass is 19.3. The van der Waals surface area contributed by atoms with E-state index in [1.54, 1.807) is 7.05 Å². The van der Waals surface area contributed by atoms with E-state index in [9.17, 15) is 18.4 Å². The SMILES string of the molecule is CN(C(=O)C1CC1)N(Cc1cccc2c1OC(F)(F)O2)C(=O)c1cc2c(cc1F)nc(N)c1cnn(C)c12. The number of hydrazine groups is 1. The van der Waals surface area contributed by atoms with Gasteiger partial charge in [0, 0.05) is 37.0 Å². The Bertz CT molecular complexity index is 1650. The van der Waals surface area contributed by atoms with Gasteiger partial charge in [-0.1, -0.05) is 12.1 Å². The lowest BCUT2D eigenvalue weighted by Crippen LogP contribution is -2.47. The minimum atomic E-state index is -3.88. The molecule has 38 heavy (non-hydrogen) atoms. The van der Waals surface area contributed by atoms with Crippen LogP contribution in [0.5, 0.6) is 11.5 Å². The Morgan fingerprint density at radius 1 is 1.21 bits per heavy atom. The molecule has 10 nitrogen and oxygen atoms in total. The molecule has 0 saturated heterocycles. The van der Waals surface area contributed by atoms with Gasteiger partial charge >= 0.3 is 6.29 Å². The van der Waals surface area contributed by atoms with Crippen LogP contribution in [0.1, 0.15) is 28.8 Å². The summed E-state index contributed by atoms with van der Waals surface area (Å²) in [6, 6.07) is 6.63. The summed E-state index contributed by atoms with van der Waals surface area (Å²) in [5, 5.41) is 7.24. The van der Waals surface area contributed by atoms with E-state index >= 15 is 4.39 Å². The van der Waals surface area contributed by atoms with Gasteiger partial charge in [-0.2, -0.15) is 5.10 Å². The number of aromatic nitrogens is 3. The minimum Gasteiger partial charge on any atom is -0.395 e. The van der Waals surface area contributed by atoms with Crippen LogP contribution in [0, 0.1) is 11.7 Å². The normalized spacial score (nSPS) is 15.7. The Morgan fingerprint density at radius 3 is 2.71 bits per heavy atom. The number of carbonyl (C=O) groups is 2. The Balaban J connectivity index is 1.45. The maximum absolute atomic E-state index is 15.4. The quantitative estimate of drug-likeness (QED) is 0.404. The van der Waals surface area contributed by atoms with Crippen molar-refractivity contribution in [2.24, 2.45) is 13.0 Å². The van der Waals surface area contributed by atoms with Gasteiger partial charge in [-0.25, -0.2) is 14.4 Å². The molecule has 13 heteroatoms. The topological polar surface area (TPSA) is 116 Å². The van der Waals surface area contributed by atoms with E-state index in [4.69, 9.17) is 5.73 Å². The first kappa shape index (κ1) is 23.8. The lowest BCUT2D eigenvalue weighted by molar-refractivity contribution is -0.287. The number of nitrogens with zero attached hydrogens (tertiary/aromatic N) is 5. The van der Waals surface area contributed by atoms with E-state index in [1.165, 1.54) is 42.2 Å². The van der Waals surface area contributed by atoms with Gasteiger partial charge in [-0.05, 0) is 25.0 Å². The molecule has 0 atom stereocenters. The number of aryl methyl sites for hydroxylation is 1. The van der Waals surface area contributed by atoms with E-state index in [1.807, 2.05) is 0 Å². The number of carbonyl (C=O) groups excluding carboxylic acids is 2. The Kier molecular flexibility index (Phi) is 5.16. The monoisotopic (exact) mass is 526 g/mol. The van der Waals surface area contributed by atoms with E-state index < -0.39 is 18.0 Å². The van der Waals surface area contributed by atoms with Crippen molar-refractivity contribution in [2.75, 3.05) is 12.8 Å². The number of fused-ring (bicyclic) bond motifs is 4. The Hall–Kier alpha value is -4.55. The van der Waals surface area contributed by atoms with Crippen molar-refractivity contribution in [3.63, 3.8) is 0 Å². The molecule has 6 rings (SSSR count). The number of nitrogens with two attached hydrogens (primary N) is 1. The minimum absolute atomic E-state index is 0.146. The van der Waals surface area contributed by atoms with E-state index in [0.29, 0.717) is 29.1 Å². The number of ether oxygens (including phenoxy) is 2. The largest absolute Gasteiger partial charge is 0.586 e. The second kappa shape index (κ2) is 8.23. The number of benzene rings is 2. The summed E-state index contributed by atoms with van der Waals surface area (Å²) in [5.74, 6) is -2.70. The van der Waals surface area contributed by atoms with Crippen LogP contribution in [0.25, 0.3) is 21.8 Å². The molecule has 2 aliphatic rings. The summed E-state index contributed by atoms with van der Waals surface area (Å²) >= 11 is 0. The highest BCUT2D eigenvalue weighted by Gasteiger charge is 2.45. The maximum Gasteiger partial charge on any atom is 0.586 e. The fourth-order valence-electron chi connectivity index (χ4n) is 4.62. The second-order valence-electron chi connectivity index (χ2n) is 9.29. The smallest absolute Gasteiger partial charge is 0.395 e. The van der Waals surface area contributed by atoms with Crippen molar-refractivity contribution in [1.82, 2.24) is 24.8 Å². The van der Waals surface area contributed by atoms with Crippen molar-refractivity contribution in [2.45, 2.75) is 25.7 Å². The van der Waals surface area contributed by atoms with Gasteiger partial charge in [-0.3, -0.25) is 19.3 Å². The number of anilines is 1. The number of alkyl halides is 2. The number of hydrogen-bond acceptors (Lipinski definition) is 7. The number of rotatable bonds is 4. The van der Waals surface area contributed by atoms with Crippen molar-refractivity contribution in [1.29, 1.82) is 0 Å². The van der Waals surface area contributed by atoms with Gasteiger partial charge in [-0.15, -0.1) is 8.78 Å². The van der Waals surface area contributed by atoms with Gasteiger partial charge in [0.25, 0.3) is 5.91 Å². The number of amides is 2. The zero-order valence-corrected chi connectivity index (χ0v) is 20.2. The maximum atomic E-state index is 15.4. The predicted octanol–water partition coefficient (Wildman–Crippen LogP) is 3.59. The molecule has 0 spiro atoms. The summed E-state index contributed by atoms with van der Waals surface area (Å²) in [5.41, 5.74) is 6.57. The van der Waals surface area contributed by atoms with Crippen LogP contribution < -0.4 is 15.2 Å².